The molecule has 0 aliphatic heterocycles. The highest BCUT2D eigenvalue weighted by Crippen LogP contribution is 2.08. The van der Waals surface area contributed by atoms with E-state index in [0.29, 0.717) is 5.69 Å². The molecule has 1 rings (SSSR count). The molecule has 1 unspecified atom stereocenters. The molecule has 4 nitrogen and oxygen atoms in total. The zero-order valence-corrected chi connectivity index (χ0v) is 8.98. The van der Waals surface area contributed by atoms with Crippen LogP contribution in [-0.4, -0.2) is 23.8 Å². The first-order valence-electron chi connectivity index (χ1n) is 4.62. The molecule has 0 radical (unpaired) electrons. The van der Waals surface area contributed by atoms with E-state index in [4.69, 9.17) is 0 Å². The number of carbonyl (C=O) groups excluding carboxylic acids is 2. The highest BCUT2D eigenvalue weighted by molar-refractivity contribution is 6.07. The van der Waals surface area contributed by atoms with Gasteiger partial charge in [0.2, 0.25) is 0 Å². The van der Waals surface area contributed by atoms with Crippen molar-refractivity contribution in [1.82, 2.24) is 4.98 Å². The number of aromatic nitrogens is 1. The highest BCUT2D eigenvalue weighted by atomic mass is 16.5. The smallest absolute Gasteiger partial charge is 0.316 e. The van der Waals surface area contributed by atoms with Crippen LogP contribution in [0.2, 0.25) is 0 Å². The van der Waals surface area contributed by atoms with Gasteiger partial charge in [-0.25, -0.2) is 4.98 Å². The zero-order chi connectivity index (χ0) is 11.4. The summed E-state index contributed by atoms with van der Waals surface area (Å²) in [5.41, 5.74) is 1.05. The van der Waals surface area contributed by atoms with Gasteiger partial charge in [0.25, 0.3) is 0 Å². The van der Waals surface area contributed by atoms with Gasteiger partial charge in [0.1, 0.15) is 11.6 Å². The number of Topliss-reactive ketones (excluding diaryl/α,β-unsaturated/α-hetero) is 1. The van der Waals surface area contributed by atoms with Crippen molar-refractivity contribution in [2.45, 2.75) is 13.8 Å². The number of ketones is 1. The Hall–Kier alpha value is -1.71. The average molecular weight is 207 g/mol. The van der Waals surface area contributed by atoms with E-state index in [0.717, 1.165) is 5.69 Å². The van der Waals surface area contributed by atoms with E-state index in [1.165, 1.54) is 14.0 Å². The van der Waals surface area contributed by atoms with Crippen molar-refractivity contribution in [2.24, 2.45) is 5.92 Å². The van der Waals surface area contributed by atoms with Gasteiger partial charge in [-0.15, -0.1) is 0 Å². The predicted octanol–water partition coefficient (Wildman–Crippen LogP) is 1.38. The Kier molecular flexibility index (Phi) is 3.55. The minimum absolute atomic E-state index is 0.299. The van der Waals surface area contributed by atoms with Crippen LogP contribution in [0.1, 0.15) is 23.1 Å². The van der Waals surface area contributed by atoms with Crippen LogP contribution < -0.4 is 0 Å². The summed E-state index contributed by atoms with van der Waals surface area (Å²) in [4.78, 5) is 26.9. The first-order valence-corrected chi connectivity index (χ1v) is 4.62. The zero-order valence-electron chi connectivity index (χ0n) is 8.98. The van der Waals surface area contributed by atoms with Crippen molar-refractivity contribution in [2.75, 3.05) is 7.11 Å². The molecule has 0 fully saturated rings. The Morgan fingerprint density at radius 1 is 1.40 bits per heavy atom. The van der Waals surface area contributed by atoms with E-state index in [1.54, 1.807) is 25.1 Å². The summed E-state index contributed by atoms with van der Waals surface area (Å²) in [5.74, 6) is -1.65. The largest absolute Gasteiger partial charge is 0.468 e. The normalized spacial score (nSPS) is 11.9. The molecule has 0 saturated carbocycles. The maximum absolute atomic E-state index is 11.7. The predicted molar refractivity (Wildman–Crippen MR) is 54.5 cm³/mol. The third kappa shape index (κ3) is 2.62. The van der Waals surface area contributed by atoms with Gasteiger partial charge in [-0.1, -0.05) is 6.07 Å². The highest BCUT2D eigenvalue weighted by Gasteiger charge is 2.24. The molecule has 1 aromatic rings. The standard InChI is InChI=1S/C11H13NO3/c1-7-5-4-6-9(12-7)10(13)8(2)11(14)15-3/h4-6,8H,1-3H3. The fraction of sp³-hybridized carbons (Fsp3) is 0.364. The molecule has 0 saturated heterocycles. The number of aryl methyl sites for hydroxylation is 1. The molecular weight excluding hydrogens is 194 g/mol. The Balaban J connectivity index is 2.90. The molecule has 0 aromatic carbocycles. The molecule has 4 heteroatoms. The van der Waals surface area contributed by atoms with Crippen LogP contribution in [-0.2, 0) is 9.53 Å². The molecule has 0 aliphatic carbocycles. The first-order chi connectivity index (χ1) is 7.06. The number of carbonyl (C=O) groups is 2. The summed E-state index contributed by atoms with van der Waals surface area (Å²) in [7, 11) is 1.26. The van der Waals surface area contributed by atoms with Gasteiger partial charge in [-0.2, -0.15) is 0 Å². The van der Waals surface area contributed by atoms with Gasteiger partial charge in [-0.3, -0.25) is 9.59 Å². The second kappa shape index (κ2) is 4.68. The molecule has 0 spiro atoms. The quantitative estimate of drug-likeness (QED) is 0.427. The van der Waals surface area contributed by atoms with Gasteiger partial charge in [0, 0.05) is 5.69 Å². The van der Waals surface area contributed by atoms with E-state index < -0.39 is 11.9 Å². The molecule has 1 atom stereocenters. The van der Waals surface area contributed by atoms with Crippen LogP contribution in [0.3, 0.4) is 0 Å². The van der Waals surface area contributed by atoms with Crippen molar-refractivity contribution >= 4 is 11.8 Å². The molecule has 80 valence electrons. The lowest BCUT2D eigenvalue weighted by Gasteiger charge is -2.07. The van der Waals surface area contributed by atoms with Crippen LogP contribution in [0.4, 0.5) is 0 Å². The maximum Gasteiger partial charge on any atom is 0.316 e. The van der Waals surface area contributed by atoms with Crippen LogP contribution in [0.5, 0.6) is 0 Å². The lowest BCUT2D eigenvalue weighted by atomic mass is 10.0. The van der Waals surface area contributed by atoms with Gasteiger partial charge >= 0.3 is 5.97 Å². The van der Waals surface area contributed by atoms with Crippen molar-refractivity contribution in [3.63, 3.8) is 0 Å². The number of pyridine rings is 1. The van der Waals surface area contributed by atoms with Gasteiger partial charge in [0.15, 0.2) is 5.78 Å². The summed E-state index contributed by atoms with van der Waals surface area (Å²) in [6, 6.07) is 5.12. The number of hydrogen-bond acceptors (Lipinski definition) is 4. The summed E-state index contributed by atoms with van der Waals surface area (Å²) in [6.45, 7) is 3.30. The Morgan fingerprint density at radius 3 is 2.60 bits per heavy atom. The summed E-state index contributed by atoms with van der Waals surface area (Å²) in [5, 5.41) is 0. The number of rotatable bonds is 3. The SMILES string of the molecule is COC(=O)C(C)C(=O)c1cccc(C)n1. The summed E-state index contributed by atoms with van der Waals surface area (Å²) in [6.07, 6.45) is 0. The molecule has 1 heterocycles. The van der Waals surface area contributed by atoms with Gasteiger partial charge < -0.3 is 4.74 Å². The third-order valence-electron chi connectivity index (χ3n) is 2.09. The topological polar surface area (TPSA) is 56.3 Å². The average Bonchev–Trinajstić information content (AvgIpc) is 2.26. The number of esters is 1. The molecule has 0 bridgehead atoms. The Morgan fingerprint density at radius 2 is 2.07 bits per heavy atom. The summed E-state index contributed by atoms with van der Waals surface area (Å²) >= 11 is 0. The second-order valence-corrected chi connectivity index (χ2v) is 3.27. The molecule has 1 aromatic heterocycles. The van der Waals surface area contributed by atoms with Crippen LogP contribution in [0, 0.1) is 12.8 Å². The van der Waals surface area contributed by atoms with E-state index >= 15 is 0 Å². The van der Waals surface area contributed by atoms with Crippen molar-refractivity contribution < 1.29 is 14.3 Å². The van der Waals surface area contributed by atoms with Crippen molar-refractivity contribution in [3.05, 3.63) is 29.6 Å². The van der Waals surface area contributed by atoms with Gasteiger partial charge in [-0.05, 0) is 26.0 Å². The Labute approximate surface area is 88.3 Å². The second-order valence-electron chi connectivity index (χ2n) is 3.27. The number of ether oxygens (including phenoxy) is 1. The lowest BCUT2D eigenvalue weighted by molar-refractivity contribution is -0.143. The fourth-order valence-corrected chi connectivity index (χ4v) is 1.19. The van der Waals surface area contributed by atoms with E-state index in [9.17, 15) is 9.59 Å². The van der Waals surface area contributed by atoms with Crippen LogP contribution in [0.25, 0.3) is 0 Å². The Bertz CT molecular complexity index is 387. The van der Waals surface area contributed by atoms with Gasteiger partial charge in [0.05, 0.1) is 7.11 Å². The molecule has 0 aliphatic rings. The monoisotopic (exact) mass is 207 g/mol. The first kappa shape index (κ1) is 11.4. The minimum atomic E-state index is -0.802. The number of methoxy groups -OCH3 is 1. The van der Waals surface area contributed by atoms with E-state index in [-0.39, 0.29) is 5.78 Å². The molecule has 0 N–H and O–H groups in total. The molecular formula is C11H13NO3. The fourth-order valence-electron chi connectivity index (χ4n) is 1.19. The third-order valence-corrected chi connectivity index (χ3v) is 2.09. The van der Waals surface area contributed by atoms with Crippen LogP contribution in [0.15, 0.2) is 18.2 Å². The van der Waals surface area contributed by atoms with Crippen LogP contribution >= 0.6 is 0 Å². The molecule has 15 heavy (non-hydrogen) atoms. The van der Waals surface area contributed by atoms with Crippen molar-refractivity contribution in [1.29, 1.82) is 0 Å². The minimum Gasteiger partial charge on any atom is -0.468 e. The van der Waals surface area contributed by atoms with E-state index in [2.05, 4.69) is 9.72 Å². The van der Waals surface area contributed by atoms with Crippen molar-refractivity contribution in [3.8, 4) is 0 Å². The number of nitrogens with zero attached hydrogens (tertiary/aromatic N) is 1. The molecule has 0 amide bonds. The summed E-state index contributed by atoms with van der Waals surface area (Å²) < 4.78 is 4.50. The van der Waals surface area contributed by atoms with E-state index in [1.807, 2.05) is 0 Å². The number of hydrogen-bond donors (Lipinski definition) is 0. The maximum atomic E-state index is 11.7. The lowest BCUT2D eigenvalue weighted by Crippen LogP contribution is -2.23.